The Hall–Kier alpha value is -0.0400. The first kappa shape index (κ1) is 3.16. The van der Waals surface area contributed by atoms with Gasteiger partial charge in [-0.1, -0.05) is 0 Å². The van der Waals surface area contributed by atoms with Crippen molar-refractivity contribution in [2.75, 3.05) is 0 Å². The molecule has 1 saturated carbocycles. The molecule has 0 aromatic carbocycles. The number of hydrogen-bond acceptors (Lipinski definition) is 0. The maximum absolute atomic E-state index is 9.93. The molecule has 1 atom stereocenters. The SMILES string of the molecule is [O]C1[CH]CC1. The van der Waals surface area contributed by atoms with Crippen LogP contribution in [0.15, 0.2) is 0 Å². The van der Waals surface area contributed by atoms with Crippen molar-refractivity contribution >= 4 is 0 Å². The summed E-state index contributed by atoms with van der Waals surface area (Å²) >= 11 is 0. The van der Waals surface area contributed by atoms with Crippen LogP contribution in [0, 0.1) is 6.42 Å². The van der Waals surface area contributed by atoms with Gasteiger partial charge in [0.25, 0.3) is 0 Å². The van der Waals surface area contributed by atoms with E-state index in [-0.39, 0.29) is 6.10 Å². The molecule has 0 amide bonds. The molecular weight excluding hydrogens is 64.0 g/mol. The lowest BCUT2D eigenvalue weighted by Gasteiger charge is -2.14. The summed E-state index contributed by atoms with van der Waals surface area (Å²) in [4.78, 5) is 0. The van der Waals surface area contributed by atoms with Gasteiger partial charge in [-0.15, -0.1) is 0 Å². The van der Waals surface area contributed by atoms with Gasteiger partial charge in [0.1, 0.15) is 0 Å². The van der Waals surface area contributed by atoms with Crippen molar-refractivity contribution in [3.8, 4) is 0 Å². The Bertz CT molecular complexity index is 30.6. The first-order valence-corrected chi connectivity index (χ1v) is 1.89. The summed E-state index contributed by atoms with van der Waals surface area (Å²) in [6.07, 6.45) is 3.41. The minimum atomic E-state index is -0.310. The van der Waals surface area contributed by atoms with Crippen molar-refractivity contribution in [1.29, 1.82) is 0 Å². The Morgan fingerprint density at radius 1 is 1.80 bits per heavy atom. The van der Waals surface area contributed by atoms with E-state index in [1.165, 1.54) is 0 Å². The van der Waals surface area contributed by atoms with E-state index in [0.717, 1.165) is 12.8 Å². The van der Waals surface area contributed by atoms with E-state index in [1.54, 1.807) is 6.42 Å². The van der Waals surface area contributed by atoms with E-state index in [9.17, 15) is 5.11 Å². The largest absolute Gasteiger partial charge is 0.233 e. The summed E-state index contributed by atoms with van der Waals surface area (Å²) in [6, 6.07) is 0. The van der Waals surface area contributed by atoms with E-state index >= 15 is 0 Å². The minimum absolute atomic E-state index is 0.310. The molecule has 1 nitrogen and oxygen atoms in total. The topological polar surface area (TPSA) is 19.9 Å². The molecule has 0 N–H and O–H groups in total. The molecule has 5 heavy (non-hydrogen) atoms. The Kier molecular flexibility index (Phi) is 0.618. The Morgan fingerprint density at radius 3 is 2.20 bits per heavy atom. The maximum atomic E-state index is 9.93. The molecule has 0 aromatic rings. The van der Waals surface area contributed by atoms with Crippen molar-refractivity contribution in [1.82, 2.24) is 0 Å². The molecule has 0 aromatic heterocycles. The van der Waals surface area contributed by atoms with Crippen molar-refractivity contribution < 1.29 is 5.11 Å². The van der Waals surface area contributed by atoms with Gasteiger partial charge in [0.2, 0.25) is 0 Å². The lowest BCUT2D eigenvalue weighted by Crippen LogP contribution is -2.14. The van der Waals surface area contributed by atoms with Crippen LogP contribution in [-0.4, -0.2) is 6.10 Å². The highest BCUT2D eigenvalue weighted by molar-refractivity contribution is 4.86. The fourth-order valence-electron chi connectivity index (χ4n) is 0.303. The monoisotopic (exact) mass is 70.0 g/mol. The minimum Gasteiger partial charge on any atom is -0.233 e. The van der Waals surface area contributed by atoms with E-state index in [1.807, 2.05) is 0 Å². The quantitative estimate of drug-likeness (QED) is 0.401. The Morgan fingerprint density at radius 2 is 2.20 bits per heavy atom. The number of hydrogen-bond donors (Lipinski definition) is 0. The standard InChI is InChI=1S/C4H6O/c5-4-2-1-3-4/h2,4H,1,3H2. The molecule has 1 heteroatoms. The molecule has 28 valence electrons. The third-order valence-electron chi connectivity index (χ3n) is 0.881. The average Bonchev–Trinajstić information content (AvgIpc) is 1.30. The maximum Gasteiger partial charge on any atom is 0.0961 e. The summed E-state index contributed by atoms with van der Waals surface area (Å²) in [7, 11) is 0. The third-order valence-corrected chi connectivity index (χ3v) is 0.881. The van der Waals surface area contributed by atoms with Gasteiger partial charge in [-0.2, -0.15) is 0 Å². The summed E-state index contributed by atoms with van der Waals surface area (Å²) in [5.41, 5.74) is 0. The van der Waals surface area contributed by atoms with Gasteiger partial charge in [0.15, 0.2) is 0 Å². The van der Waals surface area contributed by atoms with Gasteiger partial charge in [-0.3, -0.25) is 0 Å². The lowest BCUT2D eigenvalue weighted by molar-refractivity contribution is 0.0716. The van der Waals surface area contributed by atoms with Crippen LogP contribution in [0.25, 0.3) is 0 Å². The van der Waals surface area contributed by atoms with E-state index in [4.69, 9.17) is 0 Å². The first-order chi connectivity index (χ1) is 2.39. The zero-order valence-corrected chi connectivity index (χ0v) is 2.98. The fourth-order valence-corrected chi connectivity index (χ4v) is 0.303. The fraction of sp³-hybridized carbons (Fsp3) is 0.750. The van der Waals surface area contributed by atoms with Crippen LogP contribution < -0.4 is 0 Å². The van der Waals surface area contributed by atoms with Crippen LogP contribution in [0.1, 0.15) is 12.8 Å². The molecule has 1 aliphatic carbocycles. The zero-order chi connectivity index (χ0) is 3.70. The van der Waals surface area contributed by atoms with Crippen LogP contribution in [0.2, 0.25) is 0 Å². The second-order valence-corrected chi connectivity index (χ2v) is 1.35. The average molecular weight is 70.1 g/mol. The van der Waals surface area contributed by atoms with E-state index < -0.39 is 0 Å². The Labute approximate surface area is 31.6 Å². The third kappa shape index (κ3) is 0.428. The molecule has 0 heterocycles. The second kappa shape index (κ2) is 0.977. The van der Waals surface area contributed by atoms with Gasteiger partial charge < -0.3 is 0 Å². The molecule has 2 radical (unpaired) electrons. The molecule has 0 aliphatic heterocycles. The predicted octanol–water partition coefficient (Wildman–Crippen LogP) is 0.784. The van der Waals surface area contributed by atoms with E-state index in [2.05, 4.69) is 0 Å². The van der Waals surface area contributed by atoms with Gasteiger partial charge >= 0.3 is 0 Å². The van der Waals surface area contributed by atoms with Crippen molar-refractivity contribution in [2.45, 2.75) is 18.9 Å². The van der Waals surface area contributed by atoms with Crippen molar-refractivity contribution in [2.24, 2.45) is 0 Å². The highest BCUT2D eigenvalue weighted by atomic mass is 16.3. The molecule has 1 rings (SSSR count). The normalized spacial score (nSPS) is 25.8. The van der Waals surface area contributed by atoms with E-state index in [0.29, 0.717) is 0 Å². The Balaban J connectivity index is 2.08. The van der Waals surface area contributed by atoms with Gasteiger partial charge in [-0.25, -0.2) is 5.11 Å². The van der Waals surface area contributed by atoms with Crippen molar-refractivity contribution in [3.05, 3.63) is 6.42 Å². The first-order valence-electron chi connectivity index (χ1n) is 1.89. The van der Waals surface area contributed by atoms with Crippen LogP contribution in [-0.2, 0) is 5.11 Å². The number of rotatable bonds is 0. The lowest BCUT2D eigenvalue weighted by atomic mass is 9.97. The molecule has 0 spiro atoms. The predicted molar refractivity (Wildman–Crippen MR) is 18.0 cm³/mol. The molecule has 1 aliphatic rings. The molecule has 1 unspecified atom stereocenters. The summed E-state index contributed by atoms with van der Waals surface area (Å²) in [5.74, 6) is 0. The van der Waals surface area contributed by atoms with Gasteiger partial charge in [-0.05, 0) is 19.3 Å². The highest BCUT2D eigenvalue weighted by Gasteiger charge is 2.14. The van der Waals surface area contributed by atoms with Crippen LogP contribution in [0.5, 0.6) is 0 Å². The second-order valence-electron chi connectivity index (χ2n) is 1.35. The summed E-state index contributed by atoms with van der Waals surface area (Å²) < 4.78 is 0. The van der Waals surface area contributed by atoms with Crippen LogP contribution in [0.4, 0.5) is 0 Å². The van der Waals surface area contributed by atoms with Crippen LogP contribution >= 0.6 is 0 Å². The smallest absolute Gasteiger partial charge is 0.0961 e. The molecule has 0 saturated heterocycles. The zero-order valence-electron chi connectivity index (χ0n) is 2.98. The molecule has 0 bridgehead atoms. The highest BCUT2D eigenvalue weighted by Crippen LogP contribution is 2.15. The van der Waals surface area contributed by atoms with Gasteiger partial charge in [0.05, 0.1) is 6.10 Å². The van der Waals surface area contributed by atoms with Crippen LogP contribution in [0.3, 0.4) is 0 Å². The molecular formula is C4H6O. The summed E-state index contributed by atoms with van der Waals surface area (Å²) in [6.45, 7) is 0. The van der Waals surface area contributed by atoms with Crippen molar-refractivity contribution in [3.63, 3.8) is 0 Å². The van der Waals surface area contributed by atoms with Gasteiger partial charge in [0, 0.05) is 0 Å². The molecule has 1 fully saturated rings. The summed E-state index contributed by atoms with van der Waals surface area (Å²) in [5, 5.41) is 9.93.